The second kappa shape index (κ2) is 15.3. The molecular formula is C32H38F2O3. The lowest BCUT2D eigenvalue weighted by Crippen LogP contribution is -2.10. The van der Waals surface area contributed by atoms with Crippen LogP contribution in [-0.2, 0) is 16.2 Å². The molecule has 0 fully saturated rings. The molecule has 0 aliphatic heterocycles. The normalized spacial score (nSPS) is 11.0. The molecule has 37 heavy (non-hydrogen) atoms. The van der Waals surface area contributed by atoms with Gasteiger partial charge in [-0.2, -0.15) is 4.89 Å². The van der Waals surface area contributed by atoms with Gasteiger partial charge in [0, 0.05) is 11.1 Å². The summed E-state index contributed by atoms with van der Waals surface area (Å²) in [5.41, 5.74) is 1.96. The van der Waals surface area contributed by atoms with E-state index in [1.54, 1.807) is 12.1 Å². The van der Waals surface area contributed by atoms with Gasteiger partial charge in [0.2, 0.25) is 0 Å². The molecule has 3 nitrogen and oxygen atoms in total. The number of halogens is 2. The van der Waals surface area contributed by atoms with Gasteiger partial charge in [-0.25, -0.2) is 13.6 Å². The van der Waals surface area contributed by atoms with E-state index in [1.807, 2.05) is 36.4 Å². The third-order valence-corrected chi connectivity index (χ3v) is 6.53. The summed E-state index contributed by atoms with van der Waals surface area (Å²) >= 11 is 0. The number of aryl methyl sites for hydroxylation is 1. The molecule has 3 aromatic carbocycles. The van der Waals surface area contributed by atoms with Crippen molar-refractivity contribution in [2.24, 2.45) is 0 Å². The Bertz CT molecular complexity index is 1130. The number of hydrogen-bond donors (Lipinski definition) is 0. The zero-order valence-corrected chi connectivity index (χ0v) is 22.0. The monoisotopic (exact) mass is 508 g/mol. The van der Waals surface area contributed by atoms with Crippen molar-refractivity contribution >= 4 is 5.97 Å². The number of carbonyl (C=O) groups excluding carboxylic acids is 1. The molecule has 5 heteroatoms. The van der Waals surface area contributed by atoms with Crippen molar-refractivity contribution in [1.29, 1.82) is 0 Å². The molecule has 0 N–H and O–H groups in total. The van der Waals surface area contributed by atoms with E-state index in [4.69, 9.17) is 9.78 Å². The molecule has 0 saturated heterocycles. The highest BCUT2D eigenvalue weighted by molar-refractivity contribution is 5.95. The molecule has 3 rings (SSSR count). The molecule has 198 valence electrons. The maximum atomic E-state index is 15.9. The van der Waals surface area contributed by atoms with E-state index in [2.05, 4.69) is 13.8 Å². The van der Waals surface area contributed by atoms with Crippen LogP contribution in [0, 0.1) is 11.6 Å². The van der Waals surface area contributed by atoms with Crippen molar-refractivity contribution in [2.45, 2.75) is 78.1 Å². The molecule has 0 spiro atoms. The molecule has 0 amide bonds. The van der Waals surface area contributed by atoms with Crippen LogP contribution in [0.2, 0.25) is 0 Å². The molecule has 0 heterocycles. The fourth-order valence-electron chi connectivity index (χ4n) is 4.43. The van der Waals surface area contributed by atoms with Crippen LogP contribution in [0.3, 0.4) is 0 Å². The fraction of sp³-hybridized carbons (Fsp3) is 0.406. The Balaban J connectivity index is 1.86. The van der Waals surface area contributed by atoms with Gasteiger partial charge in [0.15, 0.2) is 0 Å². The molecular weight excluding hydrogens is 470 g/mol. The second-order valence-electron chi connectivity index (χ2n) is 9.45. The van der Waals surface area contributed by atoms with Crippen LogP contribution in [-0.4, -0.2) is 12.6 Å². The summed E-state index contributed by atoms with van der Waals surface area (Å²) in [5.74, 6) is -2.27. The summed E-state index contributed by atoms with van der Waals surface area (Å²) in [6.45, 7) is 4.54. The first-order valence-corrected chi connectivity index (χ1v) is 13.6. The van der Waals surface area contributed by atoms with Crippen LogP contribution < -0.4 is 0 Å². The molecule has 0 aliphatic carbocycles. The Labute approximate surface area is 219 Å². The number of unbranched alkanes of at least 4 members (excludes halogenated alkanes) is 7. The highest BCUT2D eigenvalue weighted by Gasteiger charge is 2.24. The van der Waals surface area contributed by atoms with Gasteiger partial charge in [-0.1, -0.05) is 107 Å². The summed E-state index contributed by atoms with van der Waals surface area (Å²) in [6.07, 6.45) is 10.2. The fourth-order valence-corrected chi connectivity index (χ4v) is 4.43. The Morgan fingerprint density at radius 2 is 1.43 bits per heavy atom. The van der Waals surface area contributed by atoms with Crippen LogP contribution in [0.15, 0.2) is 60.7 Å². The van der Waals surface area contributed by atoms with Crippen LogP contribution in [0.5, 0.6) is 0 Å². The summed E-state index contributed by atoms with van der Waals surface area (Å²) in [6, 6.07) is 17.1. The average molecular weight is 509 g/mol. The minimum Gasteiger partial charge on any atom is -0.293 e. The SMILES string of the molecule is CCCCCCCOOC(=O)c1ccc(-c2ccccc2)c(-c2ccc(CCCCCC)cc2F)c1F. The summed E-state index contributed by atoms with van der Waals surface area (Å²) < 4.78 is 31.3. The molecule has 0 aliphatic rings. The Morgan fingerprint density at radius 3 is 2.14 bits per heavy atom. The summed E-state index contributed by atoms with van der Waals surface area (Å²) in [7, 11) is 0. The molecule has 0 aromatic heterocycles. The van der Waals surface area contributed by atoms with Crippen LogP contribution >= 0.6 is 0 Å². The van der Waals surface area contributed by atoms with Crippen molar-refractivity contribution < 1.29 is 23.4 Å². The predicted molar refractivity (Wildman–Crippen MR) is 145 cm³/mol. The van der Waals surface area contributed by atoms with Crippen LogP contribution in [0.4, 0.5) is 8.78 Å². The van der Waals surface area contributed by atoms with Gasteiger partial charge in [0.05, 0.1) is 12.2 Å². The molecule has 0 unspecified atom stereocenters. The minimum absolute atomic E-state index is 0.0373. The van der Waals surface area contributed by atoms with Gasteiger partial charge in [-0.15, -0.1) is 0 Å². The first-order chi connectivity index (χ1) is 18.1. The van der Waals surface area contributed by atoms with E-state index in [9.17, 15) is 4.79 Å². The van der Waals surface area contributed by atoms with E-state index >= 15 is 8.78 Å². The smallest absolute Gasteiger partial charge is 0.293 e. The molecule has 0 saturated carbocycles. The quantitative estimate of drug-likeness (QED) is 0.116. The first kappa shape index (κ1) is 28.5. The maximum Gasteiger partial charge on any atom is 0.376 e. The van der Waals surface area contributed by atoms with Crippen molar-refractivity contribution in [3.63, 3.8) is 0 Å². The number of rotatable bonds is 15. The van der Waals surface area contributed by atoms with E-state index in [1.165, 1.54) is 12.1 Å². The maximum absolute atomic E-state index is 15.9. The number of carbonyl (C=O) groups is 1. The van der Waals surface area contributed by atoms with Crippen LogP contribution in [0.1, 0.15) is 87.6 Å². The summed E-state index contributed by atoms with van der Waals surface area (Å²) in [4.78, 5) is 22.6. The van der Waals surface area contributed by atoms with Crippen molar-refractivity contribution in [3.05, 3.63) is 83.4 Å². The lowest BCUT2D eigenvalue weighted by atomic mass is 9.91. The van der Waals surface area contributed by atoms with Crippen molar-refractivity contribution in [2.75, 3.05) is 6.61 Å². The Morgan fingerprint density at radius 1 is 0.757 bits per heavy atom. The van der Waals surface area contributed by atoms with Crippen molar-refractivity contribution in [1.82, 2.24) is 0 Å². The van der Waals surface area contributed by atoms with Gasteiger partial charge in [-0.05, 0) is 48.1 Å². The second-order valence-corrected chi connectivity index (χ2v) is 9.45. The van der Waals surface area contributed by atoms with E-state index < -0.39 is 17.6 Å². The average Bonchev–Trinajstić information content (AvgIpc) is 2.91. The Kier molecular flexibility index (Phi) is 11.8. The topological polar surface area (TPSA) is 35.5 Å². The van der Waals surface area contributed by atoms with E-state index in [-0.39, 0.29) is 23.3 Å². The lowest BCUT2D eigenvalue weighted by molar-refractivity contribution is -0.241. The zero-order valence-electron chi connectivity index (χ0n) is 22.0. The standard InChI is InChI=1S/C32H38F2O3/c1-3-5-7-9-14-22-36-37-32(35)28-21-20-26(25-16-12-10-13-17-25)30(31(28)34)27-19-18-24(23-29(27)33)15-11-8-6-4-2/h10,12-13,16-21,23H,3-9,11,14-15,22H2,1-2H3. The molecule has 0 atom stereocenters. The van der Waals surface area contributed by atoms with Crippen LogP contribution in [0.25, 0.3) is 22.3 Å². The van der Waals surface area contributed by atoms with Gasteiger partial charge in [0.1, 0.15) is 11.6 Å². The third kappa shape index (κ3) is 8.22. The number of benzene rings is 3. The lowest BCUT2D eigenvalue weighted by Gasteiger charge is -2.15. The summed E-state index contributed by atoms with van der Waals surface area (Å²) in [5, 5.41) is 0. The minimum atomic E-state index is -0.931. The molecule has 3 aromatic rings. The predicted octanol–water partition coefficient (Wildman–Crippen LogP) is 9.48. The van der Waals surface area contributed by atoms with Gasteiger partial charge in [0.25, 0.3) is 0 Å². The molecule has 0 radical (unpaired) electrons. The van der Waals surface area contributed by atoms with Crippen molar-refractivity contribution in [3.8, 4) is 22.3 Å². The number of hydrogen-bond acceptors (Lipinski definition) is 3. The molecule has 0 bridgehead atoms. The van der Waals surface area contributed by atoms with Gasteiger partial charge < -0.3 is 0 Å². The largest absolute Gasteiger partial charge is 0.376 e. The van der Waals surface area contributed by atoms with E-state index in [0.717, 1.165) is 75.3 Å². The highest BCUT2D eigenvalue weighted by Crippen LogP contribution is 2.37. The van der Waals surface area contributed by atoms with Gasteiger partial charge >= 0.3 is 5.97 Å². The van der Waals surface area contributed by atoms with E-state index in [0.29, 0.717) is 5.56 Å². The Hall–Kier alpha value is -3.05. The zero-order chi connectivity index (χ0) is 26.5. The third-order valence-electron chi connectivity index (χ3n) is 6.53. The first-order valence-electron chi connectivity index (χ1n) is 13.6. The highest BCUT2D eigenvalue weighted by atomic mass is 19.1. The van der Waals surface area contributed by atoms with Gasteiger partial charge in [-0.3, -0.25) is 4.89 Å².